The highest BCUT2D eigenvalue weighted by atomic mass is 19.4. The Balaban J connectivity index is 2.03. The number of amides is 1. The third kappa shape index (κ3) is 2.60. The number of benzene rings is 2. The Morgan fingerprint density at radius 2 is 1.74 bits per heavy atom. The van der Waals surface area contributed by atoms with Crippen LogP contribution in [0, 0.1) is 6.92 Å². The van der Waals surface area contributed by atoms with Gasteiger partial charge in [-0.1, -0.05) is 29.8 Å². The van der Waals surface area contributed by atoms with Gasteiger partial charge in [-0.05, 0) is 30.7 Å². The van der Waals surface area contributed by atoms with E-state index in [1.807, 2.05) is 0 Å². The molecule has 1 amide bonds. The minimum atomic E-state index is -4.51. The van der Waals surface area contributed by atoms with Gasteiger partial charge >= 0.3 is 6.18 Å². The van der Waals surface area contributed by atoms with E-state index in [1.54, 1.807) is 25.1 Å². The molecule has 2 aromatic carbocycles. The molecule has 0 radical (unpaired) electrons. The Morgan fingerprint density at radius 1 is 1.04 bits per heavy atom. The largest absolute Gasteiger partial charge is 0.416 e. The van der Waals surface area contributed by atoms with Crippen molar-refractivity contribution < 1.29 is 22.8 Å². The van der Waals surface area contributed by atoms with Crippen LogP contribution in [0.2, 0.25) is 0 Å². The molecule has 3 nitrogen and oxygen atoms in total. The second kappa shape index (κ2) is 5.22. The fourth-order valence-electron chi connectivity index (χ4n) is 2.68. The first-order valence-electron chi connectivity index (χ1n) is 6.91. The molecule has 0 saturated carbocycles. The highest BCUT2D eigenvalue weighted by Gasteiger charge is 2.38. The first kappa shape index (κ1) is 15.3. The summed E-state index contributed by atoms with van der Waals surface area (Å²) < 4.78 is 39.2. The summed E-state index contributed by atoms with van der Waals surface area (Å²) in [6.07, 6.45) is -4.51. The third-order valence-corrected chi connectivity index (χ3v) is 3.78. The lowest BCUT2D eigenvalue weighted by Gasteiger charge is -2.19. The Hall–Kier alpha value is -2.63. The zero-order valence-corrected chi connectivity index (χ0v) is 12.1. The summed E-state index contributed by atoms with van der Waals surface area (Å²) in [7, 11) is 0. The van der Waals surface area contributed by atoms with Crippen molar-refractivity contribution >= 4 is 17.4 Å². The van der Waals surface area contributed by atoms with Crippen LogP contribution in [0.25, 0.3) is 0 Å². The average Bonchev–Trinajstić information content (AvgIpc) is 2.72. The van der Waals surface area contributed by atoms with Crippen molar-refractivity contribution in [2.24, 2.45) is 0 Å². The summed E-state index contributed by atoms with van der Waals surface area (Å²) in [5, 5.41) is 0. The Bertz CT molecular complexity index is 812. The molecule has 0 aliphatic carbocycles. The first-order valence-corrected chi connectivity index (χ1v) is 6.91. The topological polar surface area (TPSA) is 37.4 Å². The van der Waals surface area contributed by atoms with Crippen LogP contribution < -0.4 is 4.90 Å². The molecule has 118 valence electrons. The van der Waals surface area contributed by atoms with Crippen LogP contribution in [-0.4, -0.2) is 11.7 Å². The van der Waals surface area contributed by atoms with E-state index < -0.39 is 23.4 Å². The Labute approximate surface area is 130 Å². The standard InChI is InChI=1S/C17H12F3NO2/c1-10-6-7-14-12(8-10)15(22)16(23)21(14)9-11-4-2-3-5-13(11)17(18,19)20/h2-8H,9H2,1H3. The number of anilines is 1. The van der Waals surface area contributed by atoms with Crippen molar-refractivity contribution in [3.05, 3.63) is 64.7 Å². The number of Topliss-reactive ketones (excluding diaryl/α,β-unsaturated/α-hetero) is 1. The molecule has 0 unspecified atom stereocenters. The summed E-state index contributed by atoms with van der Waals surface area (Å²) in [5.74, 6) is -1.49. The maximum atomic E-state index is 13.1. The predicted octanol–water partition coefficient (Wildman–Crippen LogP) is 3.74. The van der Waals surface area contributed by atoms with E-state index >= 15 is 0 Å². The second-order valence-electron chi connectivity index (χ2n) is 5.40. The van der Waals surface area contributed by atoms with E-state index in [4.69, 9.17) is 0 Å². The number of rotatable bonds is 2. The van der Waals surface area contributed by atoms with Gasteiger partial charge in [0.2, 0.25) is 0 Å². The highest BCUT2D eigenvalue weighted by Crippen LogP contribution is 2.35. The van der Waals surface area contributed by atoms with Gasteiger partial charge in [-0.2, -0.15) is 13.2 Å². The maximum absolute atomic E-state index is 13.1. The fourth-order valence-corrected chi connectivity index (χ4v) is 2.68. The van der Waals surface area contributed by atoms with Gasteiger partial charge in [0.1, 0.15) is 0 Å². The van der Waals surface area contributed by atoms with Gasteiger partial charge in [-0.25, -0.2) is 0 Å². The van der Waals surface area contributed by atoms with Crippen LogP contribution in [0.1, 0.15) is 27.0 Å². The molecule has 1 aliphatic heterocycles. The Kier molecular flexibility index (Phi) is 3.47. The Morgan fingerprint density at radius 3 is 2.43 bits per heavy atom. The van der Waals surface area contributed by atoms with E-state index in [-0.39, 0.29) is 17.7 Å². The molecule has 0 spiro atoms. The van der Waals surface area contributed by atoms with Crippen LogP contribution >= 0.6 is 0 Å². The summed E-state index contributed by atoms with van der Waals surface area (Å²) in [6.45, 7) is 1.48. The summed E-state index contributed by atoms with van der Waals surface area (Å²) in [5.41, 5.74) is 0.542. The van der Waals surface area contributed by atoms with Crippen LogP contribution in [-0.2, 0) is 17.5 Å². The molecular weight excluding hydrogens is 307 g/mol. The molecule has 0 bridgehead atoms. The quantitative estimate of drug-likeness (QED) is 0.791. The van der Waals surface area contributed by atoms with Crippen LogP contribution in [0.3, 0.4) is 0 Å². The van der Waals surface area contributed by atoms with Gasteiger partial charge in [0.05, 0.1) is 23.4 Å². The second-order valence-corrected chi connectivity index (χ2v) is 5.40. The van der Waals surface area contributed by atoms with Crippen LogP contribution in [0.5, 0.6) is 0 Å². The smallest absolute Gasteiger partial charge is 0.300 e. The molecule has 0 N–H and O–H groups in total. The molecule has 0 fully saturated rings. The fraction of sp³-hybridized carbons (Fsp3) is 0.176. The number of alkyl halides is 3. The van der Waals surface area contributed by atoms with Gasteiger partial charge in [0.15, 0.2) is 0 Å². The van der Waals surface area contributed by atoms with Gasteiger partial charge in [0, 0.05) is 0 Å². The lowest BCUT2D eigenvalue weighted by Crippen LogP contribution is -2.30. The van der Waals surface area contributed by atoms with E-state index in [9.17, 15) is 22.8 Å². The molecule has 0 atom stereocenters. The van der Waals surface area contributed by atoms with E-state index in [1.165, 1.54) is 18.2 Å². The zero-order chi connectivity index (χ0) is 16.8. The van der Waals surface area contributed by atoms with Gasteiger partial charge in [0.25, 0.3) is 11.7 Å². The number of aryl methyl sites for hydroxylation is 1. The summed E-state index contributed by atoms with van der Waals surface area (Å²) in [6, 6.07) is 9.92. The van der Waals surface area contributed by atoms with Crippen molar-refractivity contribution in [1.29, 1.82) is 0 Å². The van der Waals surface area contributed by atoms with Crippen molar-refractivity contribution in [1.82, 2.24) is 0 Å². The lowest BCUT2D eigenvalue weighted by molar-refractivity contribution is -0.138. The van der Waals surface area contributed by atoms with Crippen LogP contribution in [0.15, 0.2) is 42.5 Å². The van der Waals surface area contributed by atoms with Crippen molar-refractivity contribution in [2.75, 3.05) is 4.90 Å². The van der Waals surface area contributed by atoms with E-state index in [2.05, 4.69) is 0 Å². The molecule has 1 heterocycles. The molecule has 2 aromatic rings. The molecule has 1 aliphatic rings. The van der Waals surface area contributed by atoms with Crippen molar-refractivity contribution in [2.45, 2.75) is 19.6 Å². The first-order chi connectivity index (χ1) is 10.8. The summed E-state index contributed by atoms with van der Waals surface area (Å²) >= 11 is 0. The van der Waals surface area contributed by atoms with Gasteiger partial charge < -0.3 is 4.90 Å². The number of halogens is 3. The van der Waals surface area contributed by atoms with Crippen LogP contribution in [0.4, 0.5) is 18.9 Å². The number of nitrogens with zero attached hydrogens (tertiary/aromatic N) is 1. The number of hydrogen-bond donors (Lipinski definition) is 0. The molecule has 0 saturated heterocycles. The number of carbonyl (C=O) groups is 2. The van der Waals surface area contributed by atoms with E-state index in [0.29, 0.717) is 5.69 Å². The van der Waals surface area contributed by atoms with Crippen molar-refractivity contribution in [3.8, 4) is 0 Å². The molecule has 0 aromatic heterocycles. The minimum Gasteiger partial charge on any atom is -0.300 e. The molecule has 6 heteroatoms. The van der Waals surface area contributed by atoms with E-state index in [0.717, 1.165) is 16.5 Å². The lowest BCUT2D eigenvalue weighted by atomic mass is 10.1. The SMILES string of the molecule is Cc1ccc2c(c1)C(=O)C(=O)N2Cc1ccccc1C(F)(F)F. The minimum absolute atomic E-state index is 0.0467. The van der Waals surface area contributed by atoms with Crippen molar-refractivity contribution in [3.63, 3.8) is 0 Å². The third-order valence-electron chi connectivity index (χ3n) is 3.78. The number of hydrogen-bond acceptors (Lipinski definition) is 2. The molecular formula is C17H12F3NO2. The average molecular weight is 319 g/mol. The van der Waals surface area contributed by atoms with Gasteiger partial charge in [-0.3, -0.25) is 9.59 Å². The summed E-state index contributed by atoms with van der Waals surface area (Å²) in [4.78, 5) is 25.3. The number of carbonyl (C=O) groups excluding carboxylic acids is 2. The number of fused-ring (bicyclic) bond motifs is 1. The number of ketones is 1. The highest BCUT2D eigenvalue weighted by molar-refractivity contribution is 6.52. The predicted molar refractivity (Wildman–Crippen MR) is 78.1 cm³/mol. The molecule has 3 rings (SSSR count). The monoisotopic (exact) mass is 319 g/mol. The normalized spacial score (nSPS) is 14.3. The maximum Gasteiger partial charge on any atom is 0.416 e. The van der Waals surface area contributed by atoms with Gasteiger partial charge in [-0.15, -0.1) is 0 Å². The zero-order valence-electron chi connectivity index (χ0n) is 12.1. The molecule has 23 heavy (non-hydrogen) atoms.